The highest BCUT2D eigenvalue weighted by Crippen LogP contribution is 2.23. The van der Waals surface area contributed by atoms with Gasteiger partial charge in [-0.3, -0.25) is 9.59 Å². The van der Waals surface area contributed by atoms with Gasteiger partial charge in [0.2, 0.25) is 5.91 Å². The van der Waals surface area contributed by atoms with Gasteiger partial charge in [0.05, 0.1) is 43.2 Å². The lowest BCUT2D eigenvalue weighted by Crippen LogP contribution is -2.33. The summed E-state index contributed by atoms with van der Waals surface area (Å²) in [6.07, 6.45) is 0.437. The molecule has 2 heterocycles. The third-order valence-corrected chi connectivity index (χ3v) is 4.74. The molecule has 18 heavy (non-hydrogen) atoms. The molecule has 0 aromatic heterocycles. The number of rotatable bonds is 3. The lowest BCUT2D eigenvalue weighted by molar-refractivity contribution is -0.139. The molecule has 1 fully saturated rings. The van der Waals surface area contributed by atoms with Crippen LogP contribution in [0.1, 0.15) is 19.3 Å². The van der Waals surface area contributed by atoms with E-state index in [1.54, 1.807) is 0 Å². The van der Waals surface area contributed by atoms with Gasteiger partial charge in [0, 0.05) is 0 Å². The van der Waals surface area contributed by atoms with Gasteiger partial charge in [0.15, 0.2) is 9.84 Å². The van der Waals surface area contributed by atoms with Crippen molar-refractivity contribution in [3.63, 3.8) is 0 Å². The average Bonchev–Trinajstić information content (AvgIpc) is 2.81. The third-order valence-electron chi connectivity index (χ3n) is 2.99. The second-order valence-corrected chi connectivity index (χ2v) is 6.62. The molecule has 0 aromatic rings. The zero-order chi connectivity index (χ0) is 13.3. The van der Waals surface area contributed by atoms with Gasteiger partial charge >= 0.3 is 5.97 Å². The first kappa shape index (κ1) is 13.0. The molecule has 0 radical (unpaired) electrons. The number of methoxy groups -OCH3 is 1. The Hall–Kier alpha value is -1.44. The molecular weight excluding hydrogens is 260 g/mol. The van der Waals surface area contributed by atoms with E-state index in [0.29, 0.717) is 12.1 Å². The van der Waals surface area contributed by atoms with Crippen molar-refractivity contribution in [1.82, 2.24) is 5.01 Å². The molecule has 7 nitrogen and oxygen atoms in total. The molecule has 0 spiro atoms. The van der Waals surface area contributed by atoms with Crippen molar-refractivity contribution >= 4 is 27.4 Å². The number of hydrogen-bond acceptors (Lipinski definition) is 6. The molecule has 2 aliphatic heterocycles. The van der Waals surface area contributed by atoms with Crippen LogP contribution in [0.25, 0.3) is 0 Å². The van der Waals surface area contributed by atoms with E-state index in [2.05, 4.69) is 9.84 Å². The largest absolute Gasteiger partial charge is 0.469 e. The van der Waals surface area contributed by atoms with E-state index >= 15 is 0 Å². The number of esters is 1. The third kappa shape index (κ3) is 2.69. The summed E-state index contributed by atoms with van der Waals surface area (Å²) in [4.78, 5) is 22.8. The minimum absolute atomic E-state index is 0.0296. The lowest BCUT2D eigenvalue weighted by atomic mass is 10.2. The summed E-state index contributed by atoms with van der Waals surface area (Å²) in [5.74, 6) is -0.671. The van der Waals surface area contributed by atoms with Crippen LogP contribution in [0.5, 0.6) is 0 Å². The number of ether oxygens (including phenoxy) is 1. The Kier molecular flexibility index (Phi) is 3.38. The molecule has 100 valence electrons. The van der Waals surface area contributed by atoms with Gasteiger partial charge in [0.25, 0.3) is 0 Å². The zero-order valence-electron chi connectivity index (χ0n) is 9.96. The summed E-state index contributed by atoms with van der Waals surface area (Å²) in [6, 6.07) is -0.391. The first-order chi connectivity index (χ1) is 8.41. The molecule has 0 bridgehead atoms. The summed E-state index contributed by atoms with van der Waals surface area (Å²) in [5.41, 5.74) is 0.427. The molecular formula is C10H14N2O5S. The van der Waals surface area contributed by atoms with E-state index in [9.17, 15) is 18.0 Å². The zero-order valence-corrected chi connectivity index (χ0v) is 10.8. The van der Waals surface area contributed by atoms with E-state index in [0.717, 1.165) is 0 Å². The van der Waals surface area contributed by atoms with Crippen LogP contribution in [0.2, 0.25) is 0 Å². The topological polar surface area (TPSA) is 93.1 Å². The quantitative estimate of drug-likeness (QED) is 0.636. The van der Waals surface area contributed by atoms with Crippen molar-refractivity contribution in [1.29, 1.82) is 0 Å². The number of hydrazone groups is 1. The molecule has 0 N–H and O–H groups in total. The minimum atomic E-state index is -3.06. The van der Waals surface area contributed by atoms with Crippen molar-refractivity contribution in [2.75, 3.05) is 18.6 Å². The molecule has 2 rings (SSSR count). The molecule has 0 aliphatic carbocycles. The van der Waals surface area contributed by atoms with Crippen LogP contribution in [0, 0.1) is 0 Å². The Labute approximate surface area is 105 Å². The molecule has 1 saturated heterocycles. The van der Waals surface area contributed by atoms with Gasteiger partial charge in [-0.25, -0.2) is 13.4 Å². The average molecular weight is 274 g/mol. The van der Waals surface area contributed by atoms with E-state index in [1.807, 2.05) is 0 Å². The summed E-state index contributed by atoms with van der Waals surface area (Å²) in [6.45, 7) is 0. The fourth-order valence-corrected chi connectivity index (χ4v) is 3.78. The molecule has 0 unspecified atom stereocenters. The van der Waals surface area contributed by atoms with Crippen molar-refractivity contribution in [2.24, 2.45) is 5.10 Å². The first-order valence-corrected chi connectivity index (χ1v) is 7.39. The van der Waals surface area contributed by atoms with Crippen LogP contribution in [-0.4, -0.2) is 55.7 Å². The van der Waals surface area contributed by atoms with Crippen LogP contribution in [0.3, 0.4) is 0 Å². The van der Waals surface area contributed by atoms with Gasteiger partial charge in [-0.1, -0.05) is 0 Å². The summed E-state index contributed by atoms with van der Waals surface area (Å²) in [5, 5.41) is 5.25. The summed E-state index contributed by atoms with van der Waals surface area (Å²) < 4.78 is 27.2. The fourth-order valence-electron chi connectivity index (χ4n) is 2.09. The Balaban J connectivity index is 2.06. The van der Waals surface area contributed by atoms with Crippen molar-refractivity contribution < 1.29 is 22.7 Å². The van der Waals surface area contributed by atoms with Gasteiger partial charge in [-0.05, 0) is 6.42 Å². The number of carbonyl (C=O) groups is 2. The predicted octanol–water partition coefficient (Wildman–Crippen LogP) is -0.675. The Bertz CT molecular complexity index is 510. The Morgan fingerprint density at radius 1 is 1.56 bits per heavy atom. The maximum absolute atomic E-state index is 11.7. The second-order valence-electron chi connectivity index (χ2n) is 4.39. The highest BCUT2D eigenvalue weighted by molar-refractivity contribution is 7.91. The van der Waals surface area contributed by atoms with Gasteiger partial charge in [-0.2, -0.15) is 5.10 Å². The lowest BCUT2D eigenvalue weighted by Gasteiger charge is -2.17. The minimum Gasteiger partial charge on any atom is -0.469 e. The maximum atomic E-state index is 11.7. The highest BCUT2D eigenvalue weighted by atomic mass is 32.2. The number of carbonyl (C=O) groups excluding carboxylic acids is 2. The monoisotopic (exact) mass is 274 g/mol. The molecule has 0 saturated carbocycles. The van der Waals surface area contributed by atoms with Crippen molar-refractivity contribution in [3.05, 3.63) is 0 Å². The van der Waals surface area contributed by atoms with Crippen LogP contribution >= 0.6 is 0 Å². The normalized spacial score (nSPS) is 26.3. The van der Waals surface area contributed by atoms with Crippen molar-refractivity contribution in [2.45, 2.75) is 25.3 Å². The smallest absolute Gasteiger partial charge is 0.311 e. The Morgan fingerprint density at radius 3 is 2.83 bits per heavy atom. The molecule has 2 aliphatic rings. The first-order valence-electron chi connectivity index (χ1n) is 5.57. The van der Waals surface area contributed by atoms with Gasteiger partial charge < -0.3 is 4.74 Å². The maximum Gasteiger partial charge on any atom is 0.311 e. The molecule has 8 heteroatoms. The van der Waals surface area contributed by atoms with E-state index in [-0.39, 0.29) is 30.3 Å². The van der Waals surface area contributed by atoms with E-state index in [1.165, 1.54) is 12.1 Å². The summed E-state index contributed by atoms with van der Waals surface area (Å²) >= 11 is 0. The van der Waals surface area contributed by atoms with Crippen molar-refractivity contribution in [3.8, 4) is 0 Å². The molecule has 1 atom stereocenters. The van der Waals surface area contributed by atoms with Crippen LogP contribution in [0.4, 0.5) is 0 Å². The number of nitrogens with zero attached hydrogens (tertiary/aromatic N) is 2. The van der Waals surface area contributed by atoms with Gasteiger partial charge in [0.1, 0.15) is 0 Å². The number of amides is 1. The van der Waals surface area contributed by atoms with Crippen LogP contribution in [0.15, 0.2) is 5.10 Å². The fraction of sp³-hybridized carbons (Fsp3) is 0.700. The second kappa shape index (κ2) is 4.68. The standard InChI is InChI=1S/C10H14N2O5S/c1-17-10(14)5-7-4-9(13)12(11-7)8-2-3-18(15,16)6-8/h8H,2-6H2,1H3/t8-/m0/s1. The SMILES string of the molecule is COC(=O)CC1=NN([C@H]2CCS(=O)(=O)C2)C(=O)C1. The highest BCUT2D eigenvalue weighted by Gasteiger charge is 2.38. The summed E-state index contributed by atoms with van der Waals surface area (Å²) in [7, 11) is -1.79. The van der Waals surface area contributed by atoms with Crippen LogP contribution < -0.4 is 0 Å². The number of hydrogen-bond donors (Lipinski definition) is 0. The Morgan fingerprint density at radius 2 is 2.28 bits per heavy atom. The predicted molar refractivity (Wildman–Crippen MR) is 62.6 cm³/mol. The van der Waals surface area contributed by atoms with Gasteiger partial charge in [-0.15, -0.1) is 0 Å². The number of sulfone groups is 1. The van der Waals surface area contributed by atoms with E-state index < -0.39 is 21.8 Å². The van der Waals surface area contributed by atoms with E-state index in [4.69, 9.17) is 0 Å². The molecule has 0 aromatic carbocycles. The van der Waals surface area contributed by atoms with Crippen LogP contribution in [-0.2, 0) is 24.2 Å². The molecule has 1 amide bonds.